The molecule has 3 heteroatoms. The molecule has 1 heterocycles. The fourth-order valence-corrected chi connectivity index (χ4v) is 0.982. The minimum absolute atomic E-state index is 0.269. The van der Waals surface area contributed by atoms with E-state index in [9.17, 15) is 4.39 Å². The number of hydrogen-bond donors (Lipinski definition) is 0. The quantitative estimate of drug-likeness (QED) is 0.536. The second-order valence-corrected chi connectivity index (χ2v) is 2.88. The lowest BCUT2D eigenvalue weighted by Crippen LogP contribution is -2.52. The first-order chi connectivity index (χ1) is 4.12. The van der Waals surface area contributed by atoms with Gasteiger partial charge in [-0.05, 0) is 14.1 Å². The molecule has 1 fully saturated rings. The normalized spacial score (nSPS) is 24.0. The van der Waals surface area contributed by atoms with Gasteiger partial charge in [-0.3, -0.25) is 0 Å². The number of rotatable bonds is 2. The van der Waals surface area contributed by atoms with E-state index in [1.54, 1.807) is 0 Å². The lowest BCUT2D eigenvalue weighted by molar-refractivity contribution is -0.137. The van der Waals surface area contributed by atoms with Crippen molar-refractivity contribution in [1.29, 1.82) is 0 Å². The van der Waals surface area contributed by atoms with E-state index in [1.165, 1.54) is 0 Å². The third-order valence-corrected chi connectivity index (χ3v) is 1.32. The Kier molecular flexibility index (Phi) is 1.73. The zero-order valence-electron chi connectivity index (χ0n) is 5.85. The fourth-order valence-electron chi connectivity index (χ4n) is 0.982. The number of ether oxygens (including phenoxy) is 1. The van der Waals surface area contributed by atoms with Crippen LogP contribution in [0.25, 0.3) is 0 Å². The van der Waals surface area contributed by atoms with E-state index in [0.717, 1.165) is 0 Å². The van der Waals surface area contributed by atoms with Gasteiger partial charge in [0.25, 0.3) is 0 Å². The highest BCUT2D eigenvalue weighted by molar-refractivity contribution is 4.87. The first-order valence-corrected chi connectivity index (χ1v) is 3.04. The third kappa shape index (κ3) is 1.63. The van der Waals surface area contributed by atoms with Crippen LogP contribution in [0.2, 0.25) is 0 Å². The van der Waals surface area contributed by atoms with Crippen LogP contribution in [0.15, 0.2) is 0 Å². The Labute approximate surface area is 54.6 Å². The molecule has 1 aliphatic rings. The number of alkyl halides is 1. The van der Waals surface area contributed by atoms with Gasteiger partial charge in [-0.1, -0.05) is 0 Å². The highest BCUT2D eigenvalue weighted by Gasteiger charge is 2.38. The summed E-state index contributed by atoms with van der Waals surface area (Å²) in [5.74, 6) is 0. The van der Waals surface area contributed by atoms with Gasteiger partial charge in [-0.25, -0.2) is 4.39 Å². The summed E-state index contributed by atoms with van der Waals surface area (Å²) in [6.45, 7) is 1.02. The minimum atomic E-state index is -1.05. The van der Waals surface area contributed by atoms with Crippen molar-refractivity contribution in [3.63, 3.8) is 0 Å². The van der Waals surface area contributed by atoms with E-state index in [0.29, 0.717) is 6.54 Å². The van der Waals surface area contributed by atoms with E-state index >= 15 is 0 Å². The molecule has 1 aliphatic heterocycles. The Bertz CT molecular complexity index is 101. The molecule has 1 saturated heterocycles. The van der Waals surface area contributed by atoms with Crippen LogP contribution in [0.1, 0.15) is 0 Å². The van der Waals surface area contributed by atoms with Crippen molar-refractivity contribution < 1.29 is 9.13 Å². The maximum Gasteiger partial charge on any atom is 0.169 e. The topological polar surface area (TPSA) is 12.5 Å². The first kappa shape index (κ1) is 6.96. The number of hydrogen-bond acceptors (Lipinski definition) is 2. The van der Waals surface area contributed by atoms with E-state index in [2.05, 4.69) is 0 Å². The highest BCUT2D eigenvalue weighted by Crippen LogP contribution is 2.21. The first-order valence-electron chi connectivity index (χ1n) is 3.04. The molecule has 0 aliphatic carbocycles. The molecule has 0 N–H and O–H groups in total. The predicted octanol–water partition coefficient (Wildman–Crippen LogP) is 0.286. The molecule has 0 unspecified atom stereocenters. The summed E-state index contributed by atoms with van der Waals surface area (Å²) >= 11 is 0. The lowest BCUT2D eigenvalue weighted by Gasteiger charge is -2.35. The van der Waals surface area contributed by atoms with Crippen LogP contribution in [0.5, 0.6) is 0 Å². The largest absolute Gasteiger partial charge is 0.375 e. The fraction of sp³-hybridized carbons (Fsp3) is 1.00. The van der Waals surface area contributed by atoms with Gasteiger partial charge in [-0.15, -0.1) is 0 Å². The molecule has 0 amide bonds. The van der Waals surface area contributed by atoms with Gasteiger partial charge in [0.1, 0.15) is 0 Å². The predicted molar refractivity (Wildman–Crippen MR) is 33.2 cm³/mol. The van der Waals surface area contributed by atoms with Crippen LogP contribution in [0.3, 0.4) is 0 Å². The van der Waals surface area contributed by atoms with Crippen molar-refractivity contribution in [3.8, 4) is 0 Å². The molecule has 0 aromatic carbocycles. The van der Waals surface area contributed by atoms with Crippen LogP contribution >= 0.6 is 0 Å². The molecule has 0 atom stereocenters. The maximum absolute atomic E-state index is 13.0. The van der Waals surface area contributed by atoms with Gasteiger partial charge in [0.05, 0.1) is 13.2 Å². The van der Waals surface area contributed by atoms with Gasteiger partial charge in [0.2, 0.25) is 0 Å². The molecule has 0 saturated carbocycles. The van der Waals surface area contributed by atoms with Crippen molar-refractivity contribution >= 4 is 0 Å². The number of halogens is 1. The Balaban J connectivity index is 2.24. The zero-order chi connectivity index (χ0) is 6.91. The summed E-state index contributed by atoms with van der Waals surface area (Å²) in [6, 6.07) is 0. The van der Waals surface area contributed by atoms with Crippen LogP contribution < -0.4 is 0 Å². The van der Waals surface area contributed by atoms with Crippen molar-refractivity contribution in [2.45, 2.75) is 5.67 Å². The summed E-state index contributed by atoms with van der Waals surface area (Å²) in [4.78, 5) is 1.84. The monoisotopic (exact) mass is 133 g/mol. The minimum Gasteiger partial charge on any atom is -0.375 e. The molecule has 0 spiro atoms. The van der Waals surface area contributed by atoms with Crippen LogP contribution in [0.4, 0.5) is 4.39 Å². The lowest BCUT2D eigenvalue weighted by atomic mass is 10.1. The molecule has 9 heavy (non-hydrogen) atoms. The van der Waals surface area contributed by atoms with Crippen LogP contribution in [-0.4, -0.2) is 44.4 Å². The summed E-state index contributed by atoms with van der Waals surface area (Å²) in [5, 5.41) is 0. The Morgan fingerprint density at radius 2 is 2.11 bits per heavy atom. The van der Waals surface area contributed by atoms with Crippen molar-refractivity contribution in [2.24, 2.45) is 0 Å². The maximum atomic E-state index is 13.0. The van der Waals surface area contributed by atoms with E-state index in [1.807, 2.05) is 19.0 Å². The SMILES string of the molecule is CN(C)CC1(F)COC1. The van der Waals surface area contributed by atoms with E-state index in [-0.39, 0.29) is 13.2 Å². The van der Waals surface area contributed by atoms with Crippen molar-refractivity contribution in [3.05, 3.63) is 0 Å². The van der Waals surface area contributed by atoms with E-state index < -0.39 is 5.67 Å². The molecule has 0 radical (unpaired) electrons. The van der Waals surface area contributed by atoms with Gasteiger partial charge in [0, 0.05) is 6.54 Å². The average molecular weight is 133 g/mol. The Morgan fingerprint density at radius 3 is 2.22 bits per heavy atom. The summed E-state index contributed by atoms with van der Waals surface area (Å²) in [6.07, 6.45) is 0. The van der Waals surface area contributed by atoms with E-state index in [4.69, 9.17) is 4.74 Å². The van der Waals surface area contributed by atoms with Gasteiger partial charge >= 0.3 is 0 Å². The van der Waals surface area contributed by atoms with Crippen molar-refractivity contribution in [2.75, 3.05) is 33.9 Å². The van der Waals surface area contributed by atoms with Crippen molar-refractivity contribution in [1.82, 2.24) is 4.90 Å². The smallest absolute Gasteiger partial charge is 0.169 e. The molecule has 1 rings (SSSR count). The molecule has 2 nitrogen and oxygen atoms in total. The number of nitrogens with zero attached hydrogens (tertiary/aromatic N) is 1. The van der Waals surface area contributed by atoms with Gasteiger partial charge < -0.3 is 9.64 Å². The van der Waals surface area contributed by atoms with Crippen LogP contribution in [-0.2, 0) is 4.74 Å². The standard InChI is InChI=1S/C6H12FNO/c1-8(2)3-6(7)4-9-5-6/h3-5H2,1-2H3. The van der Waals surface area contributed by atoms with Gasteiger partial charge in [0.15, 0.2) is 5.67 Å². The molecular weight excluding hydrogens is 121 g/mol. The highest BCUT2D eigenvalue weighted by atomic mass is 19.1. The van der Waals surface area contributed by atoms with Crippen LogP contribution in [0, 0.1) is 0 Å². The third-order valence-electron chi connectivity index (χ3n) is 1.32. The Morgan fingerprint density at radius 1 is 1.56 bits per heavy atom. The molecule has 0 bridgehead atoms. The average Bonchev–Trinajstić information content (AvgIpc) is 1.60. The second kappa shape index (κ2) is 2.23. The zero-order valence-corrected chi connectivity index (χ0v) is 5.85. The summed E-state index contributed by atoms with van der Waals surface area (Å²) in [5.41, 5.74) is -1.05. The molecule has 0 aromatic rings. The Hall–Kier alpha value is -0.150. The molecular formula is C6H12FNO. The molecule has 0 aromatic heterocycles. The summed E-state index contributed by atoms with van der Waals surface area (Å²) < 4.78 is 17.7. The summed E-state index contributed by atoms with van der Waals surface area (Å²) in [7, 11) is 3.72. The van der Waals surface area contributed by atoms with Gasteiger partial charge in [-0.2, -0.15) is 0 Å². The second-order valence-electron chi connectivity index (χ2n) is 2.88. The molecule has 54 valence electrons.